The molecule has 5 rings (SSSR count). The van der Waals surface area contributed by atoms with Gasteiger partial charge in [0.1, 0.15) is 29.9 Å². The van der Waals surface area contributed by atoms with E-state index in [-0.39, 0.29) is 22.4 Å². The number of carbonyl (C=O) groups is 3. The average molecular weight is 707 g/mol. The quantitative estimate of drug-likeness (QED) is 0.0625. The third-order valence-corrected chi connectivity index (χ3v) is 8.66. The maximum Gasteiger partial charge on any atom is 0.418 e. The third-order valence-electron chi connectivity index (χ3n) is 7.65. The number of carboxylic acid groups (broad SMARTS) is 1. The number of carboxylic acids is 1. The van der Waals surface area contributed by atoms with E-state index in [2.05, 4.69) is 49.2 Å². The number of hydrogen-bond acceptors (Lipinski definition) is 15. The molecule has 0 radical (unpaired) electrons. The normalized spacial score (nSPS) is 21.0. The molecule has 4 heterocycles. The molecule has 0 aliphatic carbocycles. The molecular weight excluding hydrogens is 672 g/mol. The molecule has 20 heteroatoms. The summed E-state index contributed by atoms with van der Waals surface area (Å²) in [7, 11) is -5.02. The van der Waals surface area contributed by atoms with Gasteiger partial charge in [0.15, 0.2) is 10.8 Å². The molecule has 3 atom stereocenters. The van der Waals surface area contributed by atoms with Crippen LogP contribution in [0.5, 0.6) is 5.75 Å². The molecule has 7 N–H and O–H groups in total. The van der Waals surface area contributed by atoms with Gasteiger partial charge in [-0.2, -0.15) is 13.5 Å². The first-order chi connectivity index (χ1) is 22.4. The van der Waals surface area contributed by atoms with Crippen LogP contribution in [0.3, 0.4) is 0 Å². The second-order valence-corrected chi connectivity index (χ2v) is 14.2. The Bertz CT molecular complexity index is 1880. The summed E-state index contributed by atoms with van der Waals surface area (Å²) in [5.41, 5.74) is 4.42. The summed E-state index contributed by atoms with van der Waals surface area (Å²) < 4.78 is 41.2. The summed E-state index contributed by atoms with van der Waals surface area (Å²) in [5, 5.41) is 25.3. The molecule has 0 saturated carbocycles. The van der Waals surface area contributed by atoms with Crippen LogP contribution in [0.4, 0.5) is 10.9 Å². The molecule has 2 amide bonds. The Labute approximate surface area is 278 Å². The zero-order chi connectivity index (χ0) is 35.0. The molecular formula is C28H34N8O10S2. The monoisotopic (exact) mass is 706 g/mol. The molecule has 2 fully saturated rings. The highest BCUT2D eigenvalue weighted by molar-refractivity contribution is 7.80. The fourth-order valence-electron chi connectivity index (χ4n) is 5.20. The first kappa shape index (κ1) is 34.7. The fraction of sp³-hybridized carbons (Fsp3) is 0.429. The van der Waals surface area contributed by atoms with Crippen molar-refractivity contribution in [2.75, 3.05) is 24.2 Å². The van der Waals surface area contributed by atoms with E-state index in [4.69, 9.17) is 19.9 Å². The highest BCUT2D eigenvalue weighted by atomic mass is 32.3. The molecule has 2 aliphatic rings. The Kier molecular flexibility index (Phi) is 9.48. The number of benzene rings is 1. The highest BCUT2D eigenvalue weighted by Gasteiger charge is 2.58. The van der Waals surface area contributed by atoms with Gasteiger partial charge in [-0.1, -0.05) is 5.16 Å². The molecule has 18 nitrogen and oxygen atoms in total. The van der Waals surface area contributed by atoms with Crippen molar-refractivity contribution in [2.45, 2.75) is 63.4 Å². The molecule has 48 heavy (non-hydrogen) atoms. The standard InChI is InChI=1S/C28H34N8O10S2/c1-27(2)10-15(11-30-27)31-20-8-5-14-9-16(6-7-17(14)32-20)44-12-19(25(39)40)45-35-21(18-13-47-26(29)33-18)23(37)34-22-24(38)36(28(22,3)4)46-48(41,42)43/h5-9,13,15,19,22,30H,10-12H2,1-4H3,(H2,29,33)(H,31,32)(H,34,37)(H,39,40)(H,41,42,43)/b35-21-/t15?,19-,22+/m0/s1. The van der Waals surface area contributed by atoms with Crippen LogP contribution in [0.15, 0.2) is 40.9 Å². The third kappa shape index (κ3) is 7.90. The maximum atomic E-state index is 13.2. The first-order valence-corrected chi connectivity index (χ1v) is 16.7. The number of nitrogens with two attached hydrogens (primary N) is 1. The fourth-order valence-corrected chi connectivity index (χ4v) is 6.20. The lowest BCUT2D eigenvalue weighted by Gasteiger charge is -2.50. The summed E-state index contributed by atoms with van der Waals surface area (Å²) in [5.74, 6) is -2.40. The lowest BCUT2D eigenvalue weighted by atomic mass is 9.84. The summed E-state index contributed by atoms with van der Waals surface area (Å²) in [6, 6.07) is 7.70. The Morgan fingerprint density at radius 3 is 2.58 bits per heavy atom. The van der Waals surface area contributed by atoms with Crippen LogP contribution in [0, 0.1) is 0 Å². The predicted octanol–water partition coefficient (Wildman–Crippen LogP) is 0.919. The van der Waals surface area contributed by atoms with Gasteiger partial charge in [0.05, 0.1) is 11.1 Å². The molecule has 0 spiro atoms. The number of nitrogen functional groups attached to an aromatic ring is 1. The minimum atomic E-state index is -5.02. The molecule has 1 unspecified atom stereocenters. The van der Waals surface area contributed by atoms with Gasteiger partial charge in [0.2, 0.25) is 0 Å². The number of hydroxylamine groups is 2. The Hall–Kier alpha value is -4.63. The number of aliphatic carboxylic acids is 1. The van der Waals surface area contributed by atoms with Crippen LogP contribution in [-0.4, -0.2) is 99.0 Å². The van der Waals surface area contributed by atoms with Gasteiger partial charge in [-0.25, -0.2) is 14.8 Å². The van der Waals surface area contributed by atoms with Gasteiger partial charge in [-0.15, -0.1) is 15.6 Å². The number of oxime groups is 1. The van der Waals surface area contributed by atoms with Crippen molar-refractivity contribution < 1.29 is 46.3 Å². The molecule has 258 valence electrons. The number of hydrogen-bond donors (Lipinski definition) is 6. The van der Waals surface area contributed by atoms with Gasteiger partial charge in [0.25, 0.3) is 17.9 Å². The number of rotatable bonds is 13. The van der Waals surface area contributed by atoms with Gasteiger partial charge >= 0.3 is 16.4 Å². The average Bonchev–Trinajstić information content (AvgIpc) is 3.58. The lowest BCUT2D eigenvalue weighted by molar-refractivity contribution is -0.218. The number of ether oxygens (including phenoxy) is 1. The van der Waals surface area contributed by atoms with E-state index < -0.39 is 58.2 Å². The molecule has 0 bridgehead atoms. The zero-order valence-corrected chi connectivity index (χ0v) is 27.8. The summed E-state index contributed by atoms with van der Waals surface area (Å²) >= 11 is 0.961. The van der Waals surface area contributed by atoms with E-state index >= 15 is 0 Å². The second kappa shape index (κ2) is 13.1. The summed E-state index contributed by atoms with van der Waals surface area (Å²) in [6.07, 6.45) is -0.735. The number of carbonyl (C=O) groups excluding carboxylic acids is 2. The Balaban J connectivity index is 1.26. The molecule has 2 aliphatic heterocycles. The van der Waals surface area contributed by atoms with Crippen LogP contribution in [0.25, 0.3) is 10.9 Å². The van der Waals surface area contributed by atoms with Crippen LogP contribution in [0.2, 0.25) is 0 Å². The topological polar surface area (TPSA) is 257 Å². The number of nitrogens with one attached hydrogen (secondary N) is 3. The van der Waals surface area contributed by atoms with Crippen LogP contribution in [-0.2, 0) is 33.9 Å². The predicted molar refractivity (Wildman–Crippen MR) is 172 cm³/mol. The van der Waals surface area contributed by atoms with Crippen molar-refractivity contribution >= 4 is 67.1 Å². The van der Waals surface area contributed by atoms with Gasteiger partial charge in [-0.3, -0.25) is 14.1 Å². The number of aromatic nitrogens is 2. The van der Waals surface area contributed by atoms with Crippen molar-refractivity contribution in [3.63, 3.8) is 0 Å². The van der Waals surface area contributed by atoms with Crippen molar-refractivity contribution in [3.8, 4) is 5.75 Å². The Morgan fingerprint density at radius 1 is 1.23 bits per heavy atom. The summed E-state index contributed by atoms with van der Waals surface area (Å²) in [4.78, 5) is 51.7. The summed E-state index contributed by atoms with van der Waals surface area (Å²) in [6.45, 7) is 7.34. The van der Waals surface area contributed by atoms with E-state index in [1.165, 1.54) is 19.2 Å². The van der Waals surface area contributed by atoms with Crippen molar-refractivity contribution in [2.24, 2.45) is 5.16 Å². The van der Waals surface area contributed by atoms with Crippen molar-refractivity contribution in [1.29, 1.82) is 0 Å². The molecule has 1 aromatic carbocycles. The van der Waals surface area contributed by atoms with Crippen LogP contribution in [0.1, 0.15) is 39.8 Å². The van der Waals surface area contributed by atoms with Crippen LogP contribution >= 0.6 is 11.3 Å². The maximum absolute atomic E-state index is 13.2. The second-order valence-electron chi connectivity index (χ2n) is 12.3. The SMILES string of the molecule is CC1(C)CC(Nc2ccc3cc(OC[C@H](O/N=C(\C(=O)N[C@@H]4C(=O)N(OS(=O)(=O)O)C4(C)C)c4csc(N)n4)C(=O)O)ccc3n2)CN1. The smallest absolute Gasteiger partial charge is 0.418 e. The zero-order valence-electron chi connectivity index (χ0n) is 26.2. The van der Waals surface area contributed by atoms with E-state index in [0.29, 0.717) is 16.3 Å². The van der Waals surface area contributed by atoms with Crippen molar-refractivity contribution in [3.05, 3.63) is 41.4 Å². The van der Waals surface area contributed by atoms with Gasteiger partial charge in [-0.05, 0) is 64.4 Å². The van der Waals surface area contributed by atoms with E-state index in [1.807, 2.05) is 12.1 Å². The molecule has 2 saturated heterocycles. The highest BCUT2D eigenvalue weighted by Crippen LogP contribution is 2.33. The molecule has 3 aromatic rings. The van der Waals surface area contributed by atoms with Crippen molar-refractivity contribution in [1.82, 2.24) is 25.7 Å². The number of amides is 2. The first-order valence-electron chi connectivity index (χ1n) is 14.5. The number of β-lactam (4-membered cyclic amide) rings is 1. The number of anilines is 2. The number of thiazole rings is 1. The van der Waals surface area contributed by atoms with E-state index in [0.717, 1.165) is 35.5 Å². The van der Waals surface area contributed by atoms with E-state index in [9.17, 15) is 27.9 Å². The largest absolute Gasteiger partial charge is 0.489 e. The van der Waals surface area contributed by atoms with Crippen LogP contribution < -0.4 is 26.4 Å². The van der Waals surface area contributed by atoms with Gasteiger partial charge < -0.3 is 36.4 Å². The number of fused-ring (bicyclic) bond motifs is 1. The lowest BCUT2D eigenvalue weighted by Crippen LogP contribution is -2.76. The minimum absolute atomic E-state index is 0.0500. The molecule has 2 aromatic heterocycles. The van der Waals surface area contributed by atoms with Gasteiger partial charge in [0, 0.05) is 28.9 Å². The number of nitrogens with zero attached hydrogens (tertiary/aromatic N) is 4. The minimum Gasteiger partial charge on any atom is -0.489 e. The van der Waals surface area contributed by atoms with E-state index in [1.54, 1.807) is 18.2 Å². The Morgan fingerprint density at radius 2 is 1.98 bits per heavy atom. The number of pyridine rings is 1.